The number of carbonyl (C=O) groups excluding carboxylic acids is 3. The number of urea groups is 3. The first kappa shape index (κ1) is 49.0. The Balaban J connectivity index is 0.000000237. The van der Waals surface area contributed by atoms with Crippen molar-refractivity contribution in [3.8, 4) is 17.2 Å². The number of hydrogen-bond acceptors (Lipinski definition) is 6. The van der Waals surface area contributed by atoms with Crippen molar-refractivity contribution < 1.29 is 34.1 Å². The van der Waals surface area contributed by atoms with Crippen LogP contribution in [0.15, 0.2) is 113 Å². The molecule has 9 N–H and O–H groups in total. The van der Waals surface area contributed by atoms with Crippen molar-refractivity contribution in [2.24, 2.45) is 0 Å². The van der Waals surface area contributed by atoms with E-state index in [1.807, 2.05) is 61.5 Å². The van der Waals surface area contributed by atoms with E-state index in [0.717, 1.165) is 42.0 Å². The molecule has 0 heterocycles. The molecule has 6 amide bonds. The van der Waals surface area contributed by atoms with Gasteiger partial charge in [0.15, 0.2) is 11.6 Å². The minimum atomic E-state index is -0.807. The van der Waals surface area contributed by atoms with Crippen LogP contribution in [0.4, 0.5) is 35.8 Å². The van der Waals surface area contributed by atoms with Crippen molar-refractivity contribution in [1.82, 2.24) is 16.0 Å². The fraction of sp³-hybridized carbons (Fsp3) is 0.195. The van der Waals surface area contributed by atoms with Gasteiger partial charge in [0.2, 0.25) is 0 Å². The van der Waals surface area contributed by atoms with Crippen LogP contribution in [-0.2, 0) is 13.1 Å². The van der Waals surface area contributed by atoms with E-state index in [9.17, 15) is 34.1 Å². The Bertz CT molecular complexity index is 2160. The number of phenolic OH excluding ortho intramolecular Hbond substituents is 3. The van der Waals surface area contributed by atoms with Gasteiger partial charge < -0.3 is 47.2 Å². The molecule has 0 aromatic heterocycles. The number of aryl methyl sites for hydroxylation is 1. The molecule has 5 aromatic carbocycles. The fourth-order valence-corrected chi connectivity index (χ4v) is 7.60. The number of aromatic hydroxyl groups is 3. The summed E-state index contributed by atoms with van der Waals surface area (Å²) in [6.07, 6.45) is 3.21. The molecule has 0 spiro atoms. The minimum Gasteiger partial charge on any atom is -0.506 e. The highest BCUT2D eigenvalue weighted by Crippen LogP contribution is 2.36. The first-order valence-corrected chi connectivity index (χ1v) is 21.8. The zero-order valence-electron chi connectivity index (χ0n) is 31.7. The van der Waals surface area contributed by atoms with Gasteiger partial charge in [-0.05, 0) is 130 Å². The third-order valence-corrected chi connectivity index (χ3v) is 10.8. The van der Waals surface area contributed by atoms with Gasteiger partial charge >= 0.3 is 18.1 Å². The van der Waals surface area contributed by atoms with Gasteiger partial charge in [-0.2, -0.15) is 0 Å². The van der Waals surface area contributed by atoms with Crippen LogP contribution in [-0.4, -0.2) is 40.0 Å². The highest BCUT2D eigenvalue weighted by Gasteiger charge is 2.13. The molecule has 0 bridgehead atoms. The van der Waals surface area contributed by atoms with Crippen LogP contribution in [0, 0.1) is 12.7 Å². The van der Waals surface area contributed by atoms with Crippen molar-refractivity contribution in [3.63, 3.8) is 0 Å². The molecule has 59 heavy (non-hydrogen) atoms. The van der Waals surface area contributed by atoms with E-state index in [0.29, 0.717) is 53.4 Å². The maximum Gasteiger partial charge on any atom is 0.319 e. The topological polar surface area (TPSA) is 184 Å². The maximum atomic E-state index is 13.3. The maximum absolute atomic E-state index is 13.3. The minimum absolute atomic E-state index is 0.00385. The van der Waals surface area contributed by atoms with E-state index >= 15 is 0 Å². The number of hydrogen-bond donors (Lipinski definition) is 9. The smallest absolute Gasteiger partial charge is 0.319 e. The molecule has 0 saturated carbocycles. The Morgan fingerprint density at radius 3 is 1.63 bits per heavy atom. The lowest BCUT2D eigenvalue weighted by Gasteiger charge is -2.11. The Hall–Kier alpha value is -4.36. The molecule has 18 heteroatoms. The Morgan fingerprint density at radius 2 is 1.08 bits per heavy atom. The number of rotatable bonds is 11. The molecular formula is C41H42Br5FN6O6. The molecule has 0 aliphatic carbocycles. The van der Waals surface area contributed by atoms with Gasteiger partial charge in [0.25, 0.3) is 0 Å². The van der Waals surface area contributed by atoms with Gasteiger partial charge in [-0.1, -0.05) is 90.3 Å². The van der Waals surface area contributed by atoms with Crippen LogP contribution >= 0.6 is 79.6 Å². The van der Waals surface area contributed by atoms with Gasteiger partial charge in [0, 0.05) is 35.5 Å². The highest BCUT2D eigenvalue weighted by atomic mass is 79.9. The standard InChI is InChI=1S/C15H14BrFN2O2.C14H12Br2N2O2.C12H16Br2N2O2/c1-9-4-2-3-5-10(9)8-18-15(21)19-13-7-11(16)6-12(17)14(13)20;15-11-6-10(7-12(16)13(11)19)18-14(20)17-8-9-4-2-1-3-5-9;1-2-3-4-5-15-12(18)16-8-6-9(13)11(17)10(14)7-8/h2-7,20H,8H2,1H3,(H2,18,19,21);1-7,19H,8H2,(H2,17,18,20);6-7,17H,2-5H2,1H3,(H2,15,16,18). The number of amides is 6. The average molecular weight is 1130 g/mol. The summed E-state index contributed by atoms with van der Waals surface area (Å²) in [5.74, 6) is -1.19. The SMILES string of the molecule is CCCCCNC(=O)Nc1cc(Br)c(O)c(Br)c1.Cc1ccccc1CNC(=O)Nc1cc(Br)cc(F)c1O.O=C(NCc1ccccc1)Nc1cc(Br)c(O)c(Br)c1. The predicted octanol–water partition coefficient (Wildman–Crippen LogP) is 12.4. The fourth-order valence-electron chi connectivity index (χ4n) is 4.79. The molecule has 12 nitrogen and oxygen atoms in total. The van der Waals surface area contributed by atoms with Gasteiger partial charge in [-0.25, -0.2) is 18.8 Å². The van der Waals surface area contributed by atoms with Crippen LogP contribution in [0.3, 0.4) is 0 Å². The van der Waals surface area contributed by atoms with Gasteiger partial charge in [0.05, 0.1) is 23.6 Å². The van der Waals surface area contributed by atoms with Crippen molar-refractivity contribution >= 4 is 115 Å². The lowest BCUT2D eigenvalue weighted by Crippen LogP contribution is -2.29. The van der Waals surface area contributed by atoms with Crippen molar-refractivity contribution in [2.45, 2.75) is 46.2 Å². The van der Waals surface area contributed by atoms with Gasteiger partial charge in [-0.15, -0.1) is 0 Å². The number of anilines is 3. The van der Waals surface area contributed by atoms with Crippen LogP contribution in [0.2, 0.25) is 0 Å². The van der Waals surface area contributed by atoms with E-state index in [1.165, 1.54) is 6.07 Å². The van der Waals surface area contributed by atoms with E-state index < -0.39 is 17.6 Å². The molecule has 5 aromatic rings. The van der Waals surface area contributed by atoms with Crippen LogP contribution in [0.1, 0.15) is 42.9 Å². The summed E-state index contributed by atoms with van der Waals surface area (Å²) < 4.78 is 15.8. The lowest BCUT2D eigenvalue weighted by atomic mass is 10.1. The number of phenols is 3. The first-order valence-electron chi connectivity index (χ1n) is 17.8. The van der Waals surface area contributed by atoms with Crippen molar-refractivity contribution in [1.29, 1.82) is 0 Å². The Morgan fingerprint density at radius 1 is 0.593 bits per heavy atom. The summed E-state index contributed by atoms with van der Waals surface area (Å²) in [5, 5.41) is 44.7. The summed E-state index contributed by atoms with van der Waals surface area (Å²) in [5.41, 5.74) is 4.26. The largest absolute Gasteiger partial charge is 0.506 e. The zero-order chi connectivity index (χ0) is 43.5. The zero-order valence-corrected chi connectivity index (χ0v) is 39.7. The molecule has 0 unspecified atom stereocenters. The van der Waals surface area contributed by atoms with Gasteiger partial charge in [0.1, 0.15) is 11.5 Å². The summed E-state index contributed by atoms with van der Waals surface area (Å²) in [6, 6.07) is 25.3. The third kappa shape index (κ3) is 17.4. The van der Waals surface area contributed by atoms with Crippen LogP contribution in [0.5, 0.6) is 17.2 Å². The second kappa shape index (κ2) is 25.3. The van der Waals surface area contributed by atoms with Crippen LogP contribution < -0.4 is 31.9 Å². The monoisotopic (exact) mass is 1130 g/mol. The van der Waals surface area contributed by atoms with E-state index in [2.05, 4.69) is 118 Å². The quantitative estimate of drug-likeness (QED) is 0.0360. The molecule has 0 radical (unpaired) electrons. The van der Waals surface area contributed by atoms with E-state index in [-0.39, 0.29) is 29.2 Å². The van der Waals surface area contributed by atoms with Crippen molar-refractivity contribution in [3.05, 3.63) is 136 Å². The molecule has 0 atom stereocenters. The number of benzene rings is 5. The molecule has 0 aliphatic rings. The van der Waals surface area contributed by atoms with Gasteiger partial charge in [-0.3, -0.25) is 0 Å². The van der Waals surface area contributed by atoms with Crippen LogP contribution in [0.25, 0.3) is 0 Å². The normalized spacial score (nSPS) is 10.2. The van der Waals surface area contributed by atoms with Crippen molar-refractivity contribution in [2.75, 3.05) is 22.5 Å². The van der Waals surface area contributed by atoms with E-state index in [1.54, 1.807) is 24.3 Å². The predicted molar refractivity (Wildman–Crippen MR) is 249 cm³/mol. The number of halogens is 6. The first-order chi connectivity index (χ1) is 28.1. The summed E-state index contributed by atoms with van der Waals surface area (Å²) in [7, 11) is 0. The second-order valence-electron chi connectivity index (χ2n) is 12.5. The highest BCUT2D eigenvalue weighted by molar-refractivity contribution is 9.11. The third-order valence-electron chi connectivity index (χ3n) is 7.89. The molecule has 314 valence electrons. The molecule has 0 fully saturated rings. The molecule has 5 rings (SSSR count). The summed E-state index contributed by atoms with van der Waals surface area (Å²) in [6.45, 7) is 5.53. The summed E-state index contributed by atoms with van der Waals surface area (Å²) >= 11 is 15.9. The number of unbranched alkanes of at least 4 members (excludes halogenated alkanes) is 2. The second-order valence-corrected chi connectivity index (χ2v) is 16.8. The molecular weight excluding hydrogens is 1090 g/mol. The summed E-state index contributed by atoms with van der Waals surface area (Å²) in [4.78, 5) is 35.1. The lowest BCUT2D eigenvalue weighted by molar-refractivity contribution is 0.251. The number of carbonyl (C=O) groups is 3. The molecule has 0 saturated heterocycles. The Kier molecular flexibility index (Phi) is 21.0. The molecule has 0 aliphatic heterocycles. The Labute approximate surface area is 383 Å². The average Bonchev–Trinajstić information content (AvgIpc) is 3.19. The van der Waals surface area contributed by atoms with E-state index in [4.69, 9.17) is 0 Å². The number of nitrogens with one attached hydrogen (secondary N) is 6.